The van der Waals surface area contributed by atoms with Crippen LogP contribution in [0.1, 0.15) is 60.3 Å². The van der Waals surface area contributed by atoms with Crippen LogP contribution in [0.2, 0.25) is 0 Å². The number of aliphatic hydroxyl groups excluding tert-OH is 1. The van der Waals surface area contributed by atoms with E-state index < -0.39 is 53.5 Å². The molecule has 198 valence electrons. The minimum absolute atomic E-state index is 0.0663. The summed E-state index contributed by atoms with van der Waals surface area (Å²) in [5.41, 5.74) is 10.5. The molecule has 3 rings (SSSR count). The van der Waals surface area contributed by atoms with Gasteiger partial charge in [-0.05, 0) is 50.4 Å². The molecule has 4 unspecified atom stereocenters. The molecule has 0 bridgehead atoms. The van der Waals surface area contributed by atoms with Gasteiger partial charge >= 0.3 is 6.03 Å². The Morgan fingerprint density at radius 1 is 1.14 bits per heavy atom. The molecule has 0 aromatic heterocycles. The third-order valence-electron chi connectivity index (χ3n) is 7.90. The highest BCUT2D eigenvalue weighted by Crippen LogP contribution is 2.64. The summed E-state index contributed by atoms with van der Waals surface area (Å²) in [5, 5.41) is 18.6. The van der Waals surface area contributed by atoms with Crippen molar-refractivity contribution in [2.75, 3.05) is 13.1 Å². The molecule has 3 aliphatic rings. The van der Waals surface area contributed by atoms with Crippen LogP contribution in [0.4, 0.5) is 4.79 Å². The molecule has 2 saturated carbocycles. The zero-order valence-corrected chi connectivity index (χ0v) is 21.5. The molecule has 0 aromatic carbocycles. The number of primary amides is 1. The number of carbonyl (C=O) groups excluding carboxylic acids is 4. The van der Waals surface area contributed by atoms with Crippen molar-refractivity contribution in [1.82, 2.24) is 20.9 Å². The summed E-state index contributed by atoms with van der Waals surface area (Å²) in [6.07, 6.45) is 1.98. The van der Waals surface area contributed by atoms with Crippen LogP contribution in [-0.2, 0) is 14.4 Å². The van der Waals surface area contributed by atoms with Gasteiger partial charge in [0.15, 0.2) is 6.10 Å². The molecule has 6 atom stereocenters. The van der Waals surface area contributed by atoms with Crippen LogP contribution in [0.3, 0.4) is 0 Å². The summed E-state index contributed by atoms with van der Waals surface area (Å²) in [5.74, 6) is -1.36. The monoisotopic (exact) mass is 494 g/mol. The molecule has 35 heavy (non-hydrogen) atoms. The van der Waals surface area contributed by atoms with Crippen LogP contribution in [0.15, 0.2) is 0 Å². The Hall–Kier alpha value is -2.40. The molecule has 0 aromatic rings. The van der Waals surface area contributed by atoms with E-state index in [0.717, 1.165) is 19.3 Å². The largest absolute Gasteiger partial charge is 0.381 e. The second kappa shape index (κ2) is 9.93. The molecule has 0 radical (unpaired) electrons. The van der Waals surface area contributed by atoms with Crippen molar-refractivity contribution in [1.29, 1.82) is 0 Å². The van der Waals surface area contributed by atoms with Crippen molar-refractivity contribution in [3.63, 3.8) is 0 Å². The van der Waals surface area contributed by atoms with Gasteiger partial charge in [-0.3, -0.25) is 14.4 Å². The highest BCUT2D eigenvalue weighted by atomic mass is 16.3. The number of nitrogens with zero attached hydrogens (tertiary/aromatic N) is 1. The van der Waals surface area contributed by atoms with Crippen molar-refractivity contribution in [3.05, 3.63) is 0 Å². The van der Waals surface area contributed by atoms with Gasteiger partial charge in [-0.2, -0.15) is 0 Å². The van der Waals surface area contributed by atoms with Gasteiger partial charge < -0.3 is 37.4 Å². The number of nitrogens with two attached hydrogens (primary N) is 2. The van der Waals surface area contributed by atoms with Crippen LogP contribution >= 0.6 is 0 Å². The van der Waals surface area contributed by atoms with E-state index in [4.69, 9.17) is 11.5 Å². The number of hydrogen-bond acceptors (Lipinski definition) is 6. The van der Waals surface area contributed by atoms with Crippen molar-refractivity contribution in [2.45, 2.75) is 90.1 Å². The van der Waals surface area contributed by atoms with Gasteiger partial charge in [0.25, 0.3) is 0 Å². The van der Waals surface area contributed by atoms with Crippen LogP contribution < -0.4 is 27.4 Å². The number of piperidine rings is 1. The van der Waals surface area contributed by atoms with Gasteiger partial charge in [0.05, 0.1) is 6.04 Å². The second-order valence-electron chi connectivity index (χ2n) is 12.0. The lowest BCUT2D eigenvalue weighted by Crippen LogP contribution is -2.61. The van der Waals surface area contributed by atoms with E-state index in [1.165, 1.54) is 4.90 Å². The van der Waals surface area contributed by atoms with Gasteiger partial charge in [-0.15, -0.1) is 0 Å². The highest BCUT2D eigenvalue weighted by molar-refractivity contribution is 5.94. The van der Waals surface area contributed by atoms with E-state index in [1.54, 1.807) is 0 Å². The normalized spacial score (nSPS) is 27.6. The van der Waals surface area contributed by atoms with Crippen LogP contribution in [0.5, 0.6) is 0 Å². The third-order valence-corrected chi connectivity index (χ3v) is 7.90. The van der Waals surface area contributed by atoms with E-state index in [9.17, 15) is 24.3 Å². The van der Waals surface area contributed by atoms with Crippen LogP contribution in [-0.4, -0.2) is 76.6 Å². The first-order valence-electron chi connectivity index (χ1n) is 12.5. The molecule has 1 saturated heterocycles. The average Bonchev–Trinajstić information content (AvgIpc) is 3.06. The first kappa shape index (κ1) is 27.2. The van der Waals surface area contributed by atoms with E-state index in [1.807, 2.05) is 20.8 Å². The number of carbonyl (C=O) groups is 4. The van der Waals surface area contributed by atoms with Gasteiger partial charge in [-0.25, -0.2) is 4.79 Å². The molecule has 11 nitrogen and oxygen atoms in total. The Balaban J connectivity index is 1.75. The Labute approximate surface area is 207 Å². The fraction of sp³-hybridized carbons (Fsp3) is 0.833. The summed E-state index contributed by atoms with van der Waals surface area (Å²) in [4.78, 5) is 52.5. The molecular formula is C24H42N6O5. The maximum atomic E-state index is 13.5. The molecule has 1 heterocycles. The maximum Gasteiger partial charge on any atom is 0.315 e. The van der Waals surface area contributed by atoms with Crippen molar-refractivity contribution in [2.24, 2.45) is 34.6 Å². The first-order valence-corrected chi connectivity index (χ1v) is 12.5. The van der Waals surface area contributed by atoms with Gasteiger partial charge in [0.1, 0.15) is 12.1 Å². The van der Waals surface area contributed by atoms with Crippen LogP contribution in [0.25, 0.3) is 0 Å². The zero-order chi connectivity index (χ0) is 26.3. The van der Waals surface area contributed by atoms with E-state index >= 15 is 0 Å². The Morgan fingerprint density at radius 2 is 1.77 bits per heavy atom. The third kappa shape index (κ3) is 5.88. The number of aliphatic hydroxyl groups is 1. The lowest BCUT2D eigenvalue weighted by atomic mass is 9.79. The van der Waals surface area contributed by atoms with Crippen molar-refractivity contribution < 1.29 is 24.3 Å². The quantitative estimate of drug-likeness (QED) is 0.249. The Morgan fingerprint density at radius 3 is 2.26 bits per heavy atom. The second-order valence-corrected chi connectivity index (χ2v) is 12.0. The Bertz CT molecular complexity index is 852. The van der Waals surface area contributed by atoms with E-state index in [0.29, 0.717) is 18.9 Å². The van der Waals surface area contributed by atoms with E-state index in [2.05, 4.69) is 29.8 Å². The van der Waals surface area contributed by atoms with Gasteiger partial charge in [-0.1, -0.05) is 33.1 Å². The maximum absolute atomic E-state index is 13.5. The minimum atomic E-state index is -1.51. The number of amides is 5. The standard InChI is InChI=1S/C24H42N6O5/c1-23(2,3)29-22(35)28-15(10-25)21(34)30-11-13-16(24(13,4)5)17(30)20(33)27-14(18(31)19(26)32)9-12-7-6-8-12/h12-18,31H,6-11,25H2,1-5H3,(H2,26,32)(H,27,33)(H2,28,29,35)/t13?,14?,15-,16?,17-,18?/m0/s1. The minimum Gasteiger partial charge on any atom is -0.381 e. The molecule has 3 fully saturated rings. The lowest BCUT2D eigenvalue weighted by molar-refractivity contribution is -0.142. The fourth-order valence-electron chi connectivity index (χ4n) is 5.59. The Kier molecular flexibility index (Phi) is 7.71. The SMILES string of the molecule is CC(C)(C)NC(=O)N[C@@H](CN)C(=O)N1CC2C([C@H]1C(=O)NC(CC1CCC1)C(O)C(N)=O)C2(C)C. The molecule has 1 aliphatic heterocycles. The number of hydrogen-bond donors (Lipinski definition) is 6. The number of fused-ring (bicyclic) bond motifs is 1. The summed E-state index contributed by atoms with van der Waals surface area (Å²) >= 11 is 0. The molecule has 2 aliphatic carbocycles. The average molecular weight is 495 g/mol. The van der Waals surface area contributed by atoms with Crippen molar-refractivity contribution >= 4 is 23.8 Å². The molecule has 5 amide bonds. The molecular weight excluding hydrogens is 452 g/mol. The topological polar surface area (TPSA) is 180 Å². The molecule has 0 spiro atoms. The molecule has 11 heteroatoms. The summed E-state index contributed by atoms with van der Waals surface area (Å²) in [6.45, 7) is 9.84. The highest BCUT2D eigenvalue weighted by Gasteiger charge is 2.69. The lowest BCUT2D eigenvalue weighted by Gasteiger charge is -2.36. The van der Waals surface area contributed by atoms with Gasteiger partial charge in [0, 0.05) is 18.6 Å². The van der Waals surface area contributed by atoms with Gasteiger partial charge in [0.2, 0.25) is 17.7 Å². The van der Waals surface area contributed by atoms with Crippen molar-refractivity contribution in [3.8, 4) is 0 Å². The first-order chi connectivity index (χ1) is 16.2. The fourth-order valence-corrected chi connectivity index (χ4v) is 5.59. The molecule has 8 N–H and O–H groups in total. The summed E-state index contributed by atoms with van der Waals surface area (Å²) in [7, 11) is 0. The summed E-state index contributed by atoms with van der Waals surface area (Å²) in [6, 6.07) is -3.11. The smallest absolute Gasteiger partial charge is 0.315 e. The number of likely N-dealkylation sites (tertiary alicyclic amines) is 1. The number of urea groups is 1. The number of nitrogens with one attached hydrogen (secondary N) is 3. The predicted molar refractivity (Wildman–Crippen MR) is 130 cm³/mol. The zero-order valence-electron chi connectivity index (χ0n) is 21.5. The summed E-state index contributed by atoms with van der Waals surface area (Å²) < 4.78 is 0. The van der Waals surface area contributed by atoms with Crippen LogP contribution in [0, 0.1) is 23.2 Å². The van der Waals surface area contributed by atoms with E-state index in [-0.39, 0.29) is 23.8 Å². The number of rotatable bonds is 9. The predicted octanol–water partition coefficient (Wildman–Crippen LogP) is -0.584.